The van der Waals surface area contributed by atoms with Crippen LogP contribution in [0.2, 0.25) is 0 Å². The van der Waals surface area contributed by atoms with Gasteiger partial charge in [-0.05, 0) is 19.8 Å². The van der Waals surface area contributed by atoms with Crippen molar-refractivity contribution in [2.24, 2.45) is 5.92 Å². The summed E-state index contributed by atoms with van der Waals surface area (Å²) in [5.74, 6) is -0.107. The Morgan fingerprint density at radius 3 is 2.59 bits per heavy atom. The number of nitriles is 1. The van der Waals surface area contributed by atoms with Gasteiger partial charge in [-0.25, -0.2) is 9.52 Å². The average molecular weight is 261 g/mol. The van der Waals surface area contributed by atoms with E-state index in [0.717, 1.165) is 4.31 Å². The molecule has 8 heteroatoms. The molecular formula is C9H15N3O4S. The molecule has 0 aromatic carbocycles. The van der Waals surface area contributed by atoms with Gasteiger partial charge < -0.3 is 4.74 Å². The van der Waals surface area contributed by atoms with Gasteiger partial charge in [0, 0.05) is 19.0 Å². The van der Waals surface area contributed by atoms with Crippen molar-refractivity contribution in [2.75, 3.05) is 19.7 Å². The Kier molecular flexibility index (Phi) is 4.72. The molecule has 1 fully saturated rings. The molecule has 1 heterocycles. The number of hydrogen-bond donors (Lipinski definition) is 1. The summed E-state index contributed by atoms with van der Waals surface area (Å²) in [6.07, 6.45) is -0.00425. The summed E-state index contributed by atoms with van der Waals surface area (Å²) in [4.78, 5) is 11.0. The lowest BCUT2D eigenvalue weighted by Crippen LogP contribution is -2.46. The second-order valence-corrected chi connectivity index (χ2v) is 5.30. The number of rotatable bonds is 3. The van der Waals surface area contributed by atoms with Gasteiger partial charge in [-0.15, -0.1) is 0 Å². The van der Waals surface area contributed by atoms with E-state index >= 15 is 0 Å². The lowest BCUT2D eigenvalue weighted by Gasteiger charge is -2.27. The molecule has 0 aliphatic carbocycles. The van der Waals surface area contributed by atoms with E-state index in [4.69, 9.17) is 5.26 Å². The zero-order valence-electron chi connectivity index (χ0n) is 9.55. The van der Waals surface area contributed by atoms with E-state index in [1.807, 2.05) is 4.72 Å². The standard InChI is InChI=1S/C9H15N3O4S/c1-2-16-9(13)11-17(14,15)12-5-3-8(7-10)4-6-12/h8H,2-6H2,1H3,(H,11,13). The molecule has 0 unspecified atom stereocenters. The number of nitrogens with zero attached hydrogens (tertiary/aromatic N) is 2. The molecule has 7 nitrogen and oxygen atoms in total. The van der Waals surface area contributed by atoms with Crippen LogP contribution in [0.25, 0.3) is 0 Å². The molecule has 1 aliphatic rings. The predicted molar refractivity (Wildman–Crippen MR) is 59.0 cm³/mol. The summed E-state index contributed by atoms with van der Waals surface area (Å²) in [5.41, 5.74) is 0. The molecule has 0 spiro atoms. The number of amides is 1. The fourth-order valence-electron chi connectivity index (χ4n) is 1.56. The fourth-order valence-corrected chi connectivity index (χ4v) is 2.65. The van der Waals surface area contributed by atoms with Gasteiger partial charge in [0.2, 0.25) is 0 Å². The van der Waals surface area contributed by atoms with E-state index in [0.29, 0.717) is 12.8 Å². The molecule has 1 amide bonds. The van der Waals surface area contributed by atoms with Gasteiger partial charge in [-0.1, -0.05) is 0 Å². The van der Waals surface area contributed by atoms with Crippen LogP contribution in [0.5, 0.6) is 0 Å². The Balaban J connectivity index is 2.55. The van der Waals surface area contributed by atoms with Crippen LogP contribution in [-0.2, 0) is 14.9 Å². The third kappa shape index (κ3) is 3.87. The largest absolute Gasteiger partial charge is 0.449 e. The highest BCUT2D eigenvalue weighted by Crippen LogP contribution is 2.17. The number of carbonyl (C=O) groups excluding carboxylic acids is 1. The Morgan fingerprint density at radius 1 is 1.53 bits per heavy atom. The Morgan fingerprint density at radius 2 is 2.12 bits per heavy atom. The van der Waals surface area contributed by atoms with Crippen molar-refractivity contribution in [1.82, 2.24) is 9.03 Å². The number of hydrogen-bond acceptors (Lipinski definition) is 5. The third-order valence-electron chi connectivity index (χ3n) is 2.46. The van der Waals surface area contributed by atoms with Crippen molar-refractivity contribution in [2.45, 2.75) is 19.8 Å². The maximum atomic E-state index is 11.7. The molecule has 1 saturated heterocycles. The first-order valence-corrected chi connectivity index (χ1v) is 6.78. The maximum absolute atomic E-state index is 11.7. The van der Waals surface area contributed by atoms with Crippen molar-refractivity contribution in [3.8, 4) is 6.07 Å². The summed E-state index contributed by atoms with van der Waals surface area (Å²) in [7, 11) is -3.84. The second-order valence-electron chi connectivity index (χ2n) is 3.63. The summed E-state index contributed by atoms with van der Waals surface area (Å²) < 4.78 is 30.9. The molecule has 0 radical (unpaired) electrons. The fraction of sp³-hybridized carbons (Fsp3) is 0.778. The minimum atomic E-state index is -3.84. The summed E-state index contributed by atoms with van der Waals surface area (Å²) in [6, 6.07) is 2.10. The van der Waals surface area contributed by atoms with E-state index in [-0.39, 0.29) is 25.6 Å². The molecule has 1 rings (SSSR count). The van der Waals surface area contributed by atoms with Crippen LogP contribution in [0.1, 0.15) is 19.8 Å². The van der Waals surface area contributed by atoms with E-state index < -0.39 is 16.3 Å². The van der Waals surface area contributed by atoms with Crippen molar-refractivity contribution < 1.29 is 17.9 Å². The molecule has 1 aliphatic heterocycles. The van der Waals surface area contributed by atoms with Crippen LogP contribution >= 0.6 is 0 Å². The van der Waals surface area contributed by atoms with Gasteiger partial charge in [0.05, 0.1) is 12.7 Å². The average Bonchev–Trinajstić information content (AvgIpc) is 2.28. The van der Waals surface area contributed by atoms with Crippen molar-refractivity contribution in [3.63, 3.8) is 0 Å². The van der Waals surface area contributed by atoms with Crippen molar-refractivity contribution in [3.05, 3.63) is 0 Å². The van der Waals surface area contributed by atoms with Crippen LogP contribution in [0.3, 0.4) is 0 Å². The number of piperidine rings is 1. The van der Waals surface area contributed by atoms with Gasteiger partial charge in [0.1, 0.15) is 0 Å². The summed E-state index contributed by atoms with van der Waals surface area (Å²) >= 11 is 0. The highest BCUT2D eigenvalue weighted by atomic mass is 32.2. The monoisotopic (exact) mass is 261 g/mol. The summed E-state index contributed by atoms with van der Waals surface area (Å²) in [6.45, 7) is 2.18. The summed E-state index contributed by atoms with van der Waals surface area (Å²) in [5, 5.41) is 8.69. The molecule has 0 aromatic heterocycles. The molecule has 0 aromatic rings. The Labute approximate surface area is 101 Å². The first kappa shape index (κ1) is 13.7. The van der Waals surface area contributed by atoms with Crippen molar-refractivity contribution >= 4 is 16.3 Å². The quantitative estimate of drug-likeness (QED) is 0.783. The minimum absolute atomic E-state index is 0.107. The van der Waals surface area contributed by atoms with E-state index in [1.54, 1.807) is 6.92 Å². The van der Waals surface area contributed by atoms with Crippen LogP contribution in [0.15, 0.2) is 0 Å². The normalized spacial score (nSPS) is 18.4. The lowest BCUT2D eigenvalue weighted by molar-refractivity contribution is 0.157. The number of ether oxygens (including phenoxy) is 1. The zero-order valence-corrected chi connectivity index (χ0v) is 10.4. The van der Waals surface area contributed by atoms with Crippen LogP contribution < -0.4 is 4.72 Å². The molecule has 0 saturated carbocycles. The highest BCUT2D eigenvalue weighted by Gasteiger charge is 2.29. The highest BCUT2D eigenvalue weighted by molar-refractivity contribution is 7.87. The first-order chi connectivity index (χ1) is 7.99. The van der Waals surface area contributed by atoms with Gasteiger partial charge >= 0.3 is 16.3 Å². The van der Waals surface area contributed by atoms with E-state index in [2.05, 4.69) is 10.8 Å². The number of carbonyl (C=O) groups is 1. The molecule has 17 heavy (non-hydrogen) atoms. The Hall–Kier alpha value is -1.33. The van der Waals surface area contributed by atoms with E-state index in [1.165, 1.54) is 0 Å². The van der Waals surface area contributed by atoms with Gasteiger partial charge in [0.15, 0.2) is 0 Å². The molecule has 0 bridgehead atoms. The van der Waals surface area contributed by atoms with Crippen molar-refractivity contribution in [1.29, 1.82) is 5.26 Å². The van der Waals surface area contributed by atoms with Gasteiger partial charge in [0.25, 0.3) is 0 Å². The second kappa shape index (κ2) is 5.84. The minimum Gasteiger partial charge on any atom is -0.449 e. The van der Waals surface area contributed by atoms with Crippen LogP contribution in [0.4, 0.5) is 4.79 Å². The van der Waals surface area contributed by atoms with Crippen LogP contribution in [-0.4, -0.2) is 38.5 Å². The molecule has 96 valence electrons. The smallest absolute Gasteiger partial charge is 0.421 e. The Bertz CT molecular complexity index is 406. The lowest BCUT2D eigenvalue weighted by atomic mass is 10.0. The van der Waals surface area contributed by atoms with Gasteiger partial charge in [-0.3, -0.25) is 0 Å². The third-order valence-corrected chi connectivity index (χ3v) is 3.93. The first-order valence-electron chi connectivity index (χ1n) is 5.34. The maximum Gasteiger partial charge on any atom is 0.421 e. The SMILES string of the molecule is CCOC(=O)NS(=O)(=O)N1CCC(C#N)CC1. The van der Waals surface area contributed by atoms with Gasteiger partial charge in [-0.2, -0.15) is 18.0 Å². The number of nitrogens with one attached hydrogen (secondary N) is 1. The molecule has 1 N–H and O–H groups in total. The molecular weight excluding hydrogens is 246 g/mol. The topological polar surface area (TPSA) is 99.5 Å². The molecule has 0 atom stereocenters. The predicted octanol–water partition coefficient (Wildman–Crippen LogP) is 0.213. The van der Waals surface area contributed by atoms with Crippen LogP contribution in [0, 0.1) is 17.2 Å². The van der Waals surface area contributed by atoms with E-state index in [9.17, 15) is 13.2 Å². The zero-order chi connectivity index (χ0) is 12.9.